The van der Waals surface area contributed by atoms with Gasteiger partial charge in [0.05, 0.1) is 11.0 Å². The van der Waals surface area contributed by atoms with Crippen molar-refractivity contribution in [1.82, 2.24) is 20.2 Å². The van der Waals surface area contributed by atoms with E-state index >= 15 is 0 Å². The molecule has 0 aliphatic carbocycles. The predicted molar refractivity (Wildman–Crippen MR) is 87.1 cm³/mol. The van der Waals surface area contributed by atoms with Crippen molar-refractivity contribution in [2.24, 2.45) is 0 Å². The molecule has 0 spiro atoms. The summed E-state index contributed by atoms with van der Waals surface area (Å²) in [6.07, 6.45) is 0. The Hall–Kier alpha value is -1.73. The second kappa shape index (κ2) is 5.95. The number of hydrogen-bond acceptors (Lipinski definition) is 7. The third kappa shape index (κ3) is 3.30. The average Bonchev–Trinajstić information content (AvgIpc) is 2.84. The number of para-hydroxylation sites is 2. The van der Waals surface area contributed by atoms with Crippen LogP contribution in [-0.2, 0) is 0 Å². The molecule has 0 atom stereocenters. The summed E-state index contributed by atoms with van der Waals surface area (Å²) < 4.78 is 0.879. The lowest BCUT2D eigenvalue weighted by molar-refractivity contribution is 0.875. The van der Waals surface area contributed by atoms with Crippen LogP contribution in [0.15, 0.2) is 33.6 Å². The van der Waals surface area contributed by atoms with Crippen LogP contribution in [0.5, 0.6) is 0 Å². The average molecular weight is 317 g/mol. The zero-order chi connectivity index (χ0) is 14.8. The van der Waals surface area contributed by atoms with E-state index in [2.05, 4.69) is 34.3 Å². The quantitative estimate of drug-likeness (QED) is 0.790. The number of nitrogens with one attached hydrogen (secondary N) is 1. The molecule has 0 fully saturated rings. The minimum Gasteiger partial charge on any atom is -0.366 e. The number of aromatic nitrogens is 4. The van der Waals surface area contributed by atoms with E-state index in [1.165, 1.54) is 11.8 Å². The van der Waals surface area contributed by atoms with Crippen molar-refractivity contribution in [3.63, 3.8) is 0 Å². The first-order valence-electron chi connectivity index (χ1n) is 6.63. The van der Waals surface area contributed by atoms with E-state index in [1.54, 1.807) is 11.3 Å². The zero-order valence-corrected chi connectivity index (χ0v) is 13.6. The second-order valence-corrected chi connectivity index (χ2v) is 7.27. The number of rotatable bonds is 4. The number of nitrogens with zero attached hydrogens (tertiary/aromatic N) is 4. The standard InChI is InChI=1S/C14H15N5S2/c1-8(2)15-12-13(21-14-19-18-9(3)20-14)17-11-7-5-4-6-10(11)16-12/h4-8H,1-3H3,(H,15,16). The van der Waals surface area contributed by atoms with Crippen molar-refractivity contribution >= 4 is 39.9 Å². The summed E-state index contributed by atoms with van der Waals surface area (Å²) in [6.45, 7) is 6.11. The molecule has 108 valence electrons. The molecule has 0 bridgehead atoms. The van der Waals surface area contributed by atoms with Crippen molar-refractivity contribution in [2.45, 2.75) is 36.2 Å². The van der Waals surface area contributed by atoms with Gasteiger partial charge in [-0.15, -0.1) is 10.2 Å². The lowest BCUT2D eigenvalue weighted by Gasteiger charge is -2.12. The normalized spacial score (nSPS) is 11.2. The zero-order valence-electron chi connectivity index (χ0n) is 12.0. The highest BCUT2D eigenvalue weighted by atomic mass is 32.2. The molecular weight excluding hydrogens is 302 g/mol. The summed E-state index contributed by atoms with van der Waals surface area (Å²) in [5, 5.41) is 13.3. The molecule has 2 aromatic heterocycles. The van der Waals surface area contributed by atoms with Gasteiger partial charge in [0, 0.05) is 6.04 Å². The molecule has 0 saturated carbocycles. The van der Waals surface area contributed by atoms with Crippen molar-refractivity contribution < 1.29 is 0 Å². The molecule has 3 aromatic rings. The largest absolute Gasteiger partial charge is 0.366 e. The molecule has 0 radical (unpaired) electrons. The van der Waals surface area contributed by atoms with E-state index in [0.29, 0.717) is 0 Å². The first-order chi connectivity index (χ1) is 10.1. The maximum atomic E-state index is 4.71. The van der Waals surface area contributed by atoms with E-state index in [0.717, 1.165) is 31.2 Å². The van der Waals surface area contributed by atoms with Gasteiger partial charge in [0.25, 0.3) is 0 Å². The molecule has 21 heavy (non-hydrogen) atoms. The van der Waals surface area contributed by atoms with Crippen LogP contribution in [0.25, 0.3) is 11.0 Å². The SMILES string of the molecule is Cc1nnc(Sc2nc3ccccc3nc2NC(C)C)s1. The van der Waals surface area contributed by atoms with Crippen LogP contribution in [0.3, 0.4) is 0 Å². The Morgan fingerprint density at radius 3 is 2.43 bits per heavy atom. The van der Waals surface area contributed by atoms with Crippen LogP contribution in [0, 0.1) is 6.92 Å². The predicted octanol–water partition coefficient (Wildman–Crippen LogP) is 3.76. The third-order valence-electron chi connectivity index (χ3n) is 2.66. The van der Waals surface area contributed by atoms with E-state index in [4.69, 9.17) is 4.98 Å². The molecule has 0 unspecified atom stereocenters. The summed E-state index contributed by atoms with van der Waals surface area (Å²) in [5.74, 6) is 0.793. The fourth-order valence-electron chi connectivity index (χ4n) is 1.82. The van der Waals surface area contributed by atoms with Gasteiger partial charge in [0.15, 0.2) is 10.2 Å². The van der Waals surface area contributed by atoms with Gasteiger partial charge in [-0.3, -0.25) is 0 Å². The maximum absolute atomic E-state index is 4.71. The van der Waals surface area contributed by atoms with Crippen LogP contribution in [-0.4, -0.2) is 26.2 Å². The number of fused-ring (bicyclic) bond motifs is 1. The van der Waals surface area contributed by atoms with E-state index < -0.39 is 0 Å². The van der Waals surface area contributed by atoms with Crippen molar-refractivity contribution in [1.29, 1.82) is 0 Å². The molecule has 2 heterocycles. The Bertz CT molecular complexity index is 769. The van der Waals surface area contributed by atoms with Gasteiger partial charge >= 0.3 is 0 Å². The molecule has 7 heteroatoms. The highest BCUT2D eigenvalue weighted by molar-refractivity contribution is 8.01. The number of hydrogen-bond donors (Lipinski definition) is 1. The molecule has 0 saturated heterocycles. The first kappa shape index (κ1) is 14.2. The third-order valence-corrected chi connectivity index (χ3v) is 4.52. The van der Waals surface area contributed by atoms with Gasteiger partial charge in [-0.25, -0.2) is 9.97 Å². The van der Waals surface area contributed by atoms with Crippen LogP contribution in [0.1, 0.15) is 18.9 Å². The lowest BCUT2D eigenvalue weighted by atomic mass is 10.3. The van der Waals surface area contributed by atoms with Crippen LogP contribution >= 0.6 is 23.1 Å². The first-order valence-corrected chi connectivity index (χ1v) is 8.26. The Kier molecular flexibility index (Phi) is 4.03. The van der Waals surface area contributed by atoms with Gasteiger partial charge < -0.3 is 5.32 Å². The topological polar surface area (TPSA) is 63.6 Å². The van der Waals surface area contributed by atoms with Gasteiger partial charge in [-0.2, -0.15) is 0 Å². The summed E-state index contributed by atoms with van der Waals surface area (Å²) >= 11 is 3.06. The number of aryl methyl sites for hydroxylation is 1. The fourth-order valence-corrected chi connectivity index (χ4v) is 3.60. The highest BCUT2D eigenvalue weighted by Crippen LogP contribution is 2.34. The molecule has 3 rings (SSSR count). The van der Waals surface area contributed by atoms with Crippen LogP contribution in [0.4, 0.5) is 5.82 Å². The van der Waals surface area contributed by atoms with Gasteiger partial charge in [0.2, 0.25) is 0 Å². The molecule has 0 amide bonds. The molecule has 0 aliphatic heterocycles. The Labute approximate surface area is 131 Å². The van der Waals surface area contributed by atoms with Crippen molar-refractivity contribution in [2.75, 3.05) is 5.32 Å². The van der Waals surface area contributed by atoms with E-state index in [-0.39, 0.29) is 6.04 Å². The minimum atomic E-state index is 0.288. The Morgan fingerprint density at radius 1 is 1.10 bits per heavy atom. The highest BCUT2D eigenvalue weighted by Gasteiger charge is 2.13. The van der Waals surface area contributed by atoms with Crippen LogP contribution in [0.2, 0.25) is 0 Å². The molecule has 5 nitrogen and oxygen atoms in total. The number of anilines is 1. The Balaban J connectivity index is 2.04. The van der Waals surface area contributed by atoms with Gasteiger partial charge in [0.1, 0.15) is 10.0 Å². The minimum absolute atomic E-state index is 0.288. The van der Waals surface area contributed by atoms with E-state index in [1.807, 2.05) is 31.2 Å². The monoisotopic (exact) mass is 317 g/mol. The Morgan fingerprint density at radius 2 is 1.81 bits per heavy atom. The summed E-state index contributed by atoms with van der Waals surface area (Å²) in [7, 11) is 0. The second-order valence-electron chi connectivity index (χ2n) is 4.85. The van der Waals surface area contributed by atoms with E-state index in [9.17, 15) is 0 Å². The molecule has 0 aliphatic rings. The van der Waals surface area contributed by atoms with Crippen molar-refractivity contribution in [3.05, 3.63) is 29.3 Å². The summed E-state index contributed by atoms with van der Waals surface area (Å²) in [4.78, 5) is 9.39. The smallest absolute Gasteiger partial charge is 0.180 e. The molecular formula is C14H15N5S2. The van der Waals surface area contributed by atoms with Gasteiger partial charge in [-0.1, -0.05) is 23.5 Å². The molecule has 1 N–H and O–H groups in total. The van der Waals surface area contributed by atoms with Gasteiger partial charge in [-0.05, 0) is 44.7 Å². The fraction of sp³-hybridized carbons (Fsp3) is 0.286. The molecule has 1 aromatic carbocycles. The number of benzene rings is 1. The summed E-state index contributed by atoms with van der Waals surface area (Å²) in [6, 6.07) is 8.16. The maximum Gasteiger partial charge on any atom is 0.180 e. The van der Waals surface area contributed by atoms with Crippen LogP contribution < -0.4 is 5.32 Å². The summed E-state index contributed by atoms with van der Waals surface area (Å²) in [5.41, 5.74) is 1.77. The van der Waals surface area contributed by atoms with Crippen molar-refractivity contribution in [3.8, 4) is 0 Å². The lowest BCUT2D eigenvalue weighted by Crippen LogP contribution is -2.12.